The van der Waals surface area contributed by atoms with Gasteiger partial charge in [-0.1, -0.05) is 26.0 Å². The maximum absolute atomic E-state index is 12.0. The fourth-order valence-corrected chi connectivity index (χ4v) is 1.97. The van der Waals surface area contributed by atoms with Crippen LogP contribution in [-0.4, -0.2) is 9.78 Å². The summed E-state index contributed by atoms with van der Waals surface area (Å²) in [5, 5.41) is 4.31. The molecule has 0 spiro atoms. The zero-order valence-corrected chi connectivity index (χ0v) is 11.6. The van der Waals surface area contributed by atoms with Crippen LogP contribution < -0.4 is 11.3 Å². The van der Waals surface area contributed by atoms with Gasteiger partial charge >= 0.3 is 0 Å². The van der Waals surface area contributed by atoms with E-state index >= 15 is 0 Å². The highest BCUT2D eigenvalue weighted by Crippen LogP contribution is 2.15. The number of benzene rings is 1. The standard InChI is InChI=1S/C15H19N3O/c1-10(2)12-4-6-14(7-5-12)18-15(19)8-13(9-16)11(3)17-18/h4-8,10H,9,16H2,1-3H3. The molecule has 1 aromatic heterocycles. The number of aryl methyl sites for hydroxylation is 1. The maximum atomic E-state index is 12.0. The summed E-state index contributed by atoms with van der Waals surface area (Å²) < 4.78 is 1.42. The lowest BCUT2D eigenvalue weighted by molar-refractivity contribution is 0.765. The number of nitrogens with zero attached hydrogens (tertiary/aromatic N) is 2. The number of hydrogen-bond acceptors (Lipinski definition) is 3. The topological polar surface area (TPSA) is 60.9 Å². The predicted molar refractivity (Wildman–Crippen MR) is 76.6 cm³/mol. The van der Waals surface area contributed by atoms with E-state index in [2.05, 4.69) is 18.9 Å². The molecule has 0 aliphatic heterocycles. The average molecular weight is 257 g/mol. The van der Waals surface area contributed by atoms with Crippen molar-refractivity contribution in [2.45, 2.75) is 33.2 Å². The smallest absolute Gasteiger partial charge is 0.271 e. The summed E-state index contributed by atoms with van der Waals surface area (Å²) in [4.78, 5) is 12.0. The summed E-state index contributed by atoms with van der Waals surface area (Å²) in [6, 6.07) is 9.45. The van der Waals surface area contributed by atoms with Gasteiger partial charge in [0.05, 0.1) is 11.4 Å². The summed E-state index contributed by atoms with van der Waals surface area (Å²) in [6.07, 6.45) is 0. The lowest BCUT2D eigenvalue weighted by Crippen LogP contribution is -2.23. The molecule has 4 nitrogen and oxygen atoms in total. The molecule has 2 N–H and O–H groups in total. The van der Waals surface area contributed by atoms with Crippen LogP contribution in [0.1, 0.15) is 36.6 Å². The van der Waals surface area contributed by atoms with Crippen molar-refractivity contribution in [3.05, 3.63) is 57.5 Å². The minimum Gasteiger partial charge on any atom is -0.326 e. The van der Waals surface area contributed by atoms with Crippen LogP contribution in [0.25, 0.3) is 5.69 Å². The first-order valence-corrected chi connectivity index (χ1v) is 6.43. The quantitative estimate of drug-likeness (QED) is 0.916. The van der Waals surface area contributed by atoms with Crippen molar-refractivity contribution >= 4 is 0 Å². The Morgan fingerprint density at radius 3 is 2.42 bits per heavy atom. The van der Waals surface area contributed by atoms with Crippen LogP contribution in [0.3, 0.4) is 0 Å². The molecule has 0 fully saturated rings. The second-order valence-electron chi connectivity index (χ2n) is 4.96. The van der Waals surface area contributed by atoms with E-state index in [9.17, 15) is 4.79 Å². The van der Waals surface area contributed by atoms with Crippen LogP contribution >= 0.6 is 0 Å². The van der Waals surface area contributed by atoms with E-state index in [0.717, 1.165) is 16.9 Å². The van der Waals surface area contributed by atoms with Crippen molar-refractivity contribution in [2.75, 3.05) is 0 Å². The Labute approximate surface area is 112 Å². The highest BCUT2D eigenvalue weighted by Gasteiger charge is 2.06. The Morgan fingerprint density at radius 2 is 1.89 bits per heavy atom. The normalized spacial score (nSPS) is 11.0. The minimum absolute atomic E-state index is 0.150. The van der Waals surface area contributed by atoms with E-state index in [1.807, 2.05) is 31.2 Å². The molecule has 1 heterocycles. The molecule has 4 heteroatoms. The van der Waals surface area contributed by atoms with E-state index < -0.39 is 0 Å². The van der Waals surface area contributed by atoms with Gasteiger partial charge in [-0.2, -0.15) is 9.78 Å². The first kappa shape index (κ1) is 13.5. The van der Waals surface area contributed by atoms with Crippen molar-refractivity contribution in [3.8, 4) is 5.69 Å². The van der Waals surface area contributed by atoms with Gasteiger partial charge < -0.3 is 5.73 Å². The number of nitrogens with two attached hydrogens (primary N) is 1. The minimum atomic E-state index is -0.150. The van der Waals surface area contributed by atoms with Crippen molar-refractivity contribution in [3.63, 3.8) is 0 Å². The third-order valence-electron chi connectivity index (χ3n) is 3.25. The van der Waals surface area contributed by atoms with Crippen LogP contribution in [0, 0.1) is 6.92 Å². The van der Waals surface area contributed by atoms with Crippen molar-refractivity contribution in [2.24, 2.45) is 5.73 Å². The molecule has 2 rings (SSSR count). The molecule has 0 amide bonds. The first-order chi connectivity index (χ1) is 9.02. The van der Waals surface area contributed by atoms with Gasteiger partial charge in [0.2, 0.25) is 0 Å². The van der Waals surface area contributed by atoms with Crippen LogP contribution in [0.15, 0.2) is 35.1 Å². The van der Waals surface area contributed by atoms with E-state index in [1.54, 1.807) is 6.07 Å². The number of aromatic nitrogens is 2. The molecule has 100 valence electrons. The van der Waals surface area contributed by atoms with Crippen molar-refractivity contribution in [1.29, 1.82) is 0 Å². The molecule has 0 saturated carbocycles. The molecule has 19 heavy (non-hydrogen) atoms. The molecule has 0 radical (unpaired) electrons. The Morgan fingerprint density at radius 1 is 1.26 bits per heavy atom. The van der Waals surface area contributed by atoms with Gasteiger partial charge in [0.15, 0.2) is 0 Å². The predicted octanol–water partition coefficient (Wildman–Crippen LogP) is 2.12. The Kier molecular flexibility index (Phi) is 3.81. The number of hydrogen-bond donors (Lipinski definition) is 1. The molecule has 0 aliphatic carbocycles. The van der Waals surface area contributed by atoms with Crippen LogP contribution in [0.5, 0.6) is 0 Å². The van der Waals surface area contributed by atoms with Gasteiger partial charge in [-0.05, 0) is 36.1 Å². The summed E-state index contributed by atoms with van der Waals surface area (Å²) in [7, 11) is 0. The lowest BCUT2D eigenvalue weighted by atomic mass is 10.0. The second kappa shape index (κ2) is 5.36. The Balaban J connectivity index is 2.47. The van der Waals surface area contributed by atoms with Crippen molar-refractivity contribution in [1.82, 2.24) is 9.78 Å². The summed E-state index contributed by atoms with van der Waals surface area (Å²) in [5.41, 5.74) is 9.02. The molecule has 0 aliphatic rings. The number of rotatable bonds is 3. The molecule has 0 unspecified atom stereocenters. The average Bonchev–Trinajstić information content (AvgIpc) is 2.41. The molecular formula is C15H19N3O. The molecule has 0 atom stereocenters. The van der Waals surface area contributed by atoms with Crippen molar-refractivity contribution < 1.29 is 0 Å². The summed E-state index contributed by atoms with van der Waals surface area (Å²) in [5.74, 6) is 0.472. The van der Waals surface area contributed by atoms with E-state index in [0.29, 0.717) is 12.5 Å². The lowest BCUT2D eigenvalue weighted by Gasteiger charge is -2.10. The fourth-order valence-electron chi connectivity index (χ4n) is 1.97. The summed E-state index contributed by atoms with van der Waals surface area (Å²) >= 11 is 0. The van der Waals surface area contributed by atoms with Gasteiger partial charge in [-0.15, -0.1) is 0 Å². The van der Waals surface area contributed by atoms with E-state index in [1.165, 1.54) is 10.2 Å². The molecule has 1 aromatic carbocycles. The molecule has 0 bridgehead atoms. The Bertz CT molecular complexity index is 627. The van der Waals surface area contributed by atoms with Gasteiger partial charge in [-0.3, -0.25) is 4.79 Å². The molecule has 0 saturated heterocycles. The Hall–Kier alpha value is -1.94. The van der Waals surface area contributed by atoms with Crippen LogP contribution in [0.4, 0.5) is 0 Å². The zero-order chi connectivity index (χ0) is 14.0. The maximum Gasteiger partial charge on any atom is 0.271 e. The van der Waals surface area contributed by atoms with Gasteiger partial charge in [0.25, 0.3) is 5.56 Å². The van der Waals surface area contributed by atoms with Crippen LogP contribution in [0.2, 0.25) is 0 Å². The van der Waals surface area contributed by atoms with E-state index in [-0.39, 0.29) is 5.56 Å². The highest BCUT2D eigenvalue weighted by atomic mass is 16.1. The summed E-state index contributed by atoms with van der Waals surface area (Å²) in [6.45, 7) is 6.47. The van der Waals surface area contributed by atoms with E-state index in [4.69, 9.17) is 5.73 Å². The third kappa shape index (κ3) is 2.74. The van der Waals surface area contributed by atoms with Crippen LogP contribution in [-0.2, 0) is 6.54 Å². The highest BCUT2D eigenvalue weighted by molar-refractivity contribution is 5.35. The zero-order valence-electron chi connectivity index (χ0n) is 11.6. The third-order valence-corrected chi connectivity index (χ3v) is 3.25. The van der Waals surface area contributed by atoms with Gasteiger partial charge in [0.1, 0.15) is 0 Å². The first-order valence-electron chi connectivity index (χ1n) is 6.43. The van der Waals surface area contributed by atoms with Gasteiger partial charge in [-0.25, -0.2) is 0 Å². The fraction of sp³-hybridized carbons (Fsp3) is 0.333. The SMILES string of the molecule is Cc1nn(-c2ccc(C(C)C)cc2)c(=O)cc1CN. The monoisotopic (exact) mass is 257 g/mol. The molecular weight excluding hydrogens is 238 g/mol. The largest absolute Gasteiger partial charge is 0.326 e. The molecule has 2 aromatic rings. The van der Waals surface area contributed by atoms with Gasteiger partial charge in [0, 0.05) is 12.6 Å². The second-order valence-corrected chi connectivity index (χ2v) is 4.96.